The average molecular weight is 254 g/mol. The highest BCUT2D eigenvalue weighted by molar-refractivity contribution is 5.95. The number of ketones is 1. The molecule has 0 saturated carbocycles. The first-order valence-electron chi connectivity index (χ1n) is 6.36. The van der Waals surface area contributed by atoms with Gasteiger partial charge in [-0.25, -0.2) is 0 Å². The van der Waals surface area contributed by atoms with Crippen molar-refractivity contribution in [1.82, 2.24) is 0 Å². The van der Waals surface area contributed by atoms with E-state index in [1.807, 2.05) is 25.1 Å². The predicted octanol–water partition coefficient (Wildman–Crippen LogP) is 4.09. The minimum Gasteiger partial charge on any atom is -0.489 e. The number of hydrogen-bond donors (Lipinski definition) is 0. The number of hydrogen-bond acceptors (Lipinski definition) is 2. The standard InChI is InChI=1S/C17H18O2/c1-12-4-6-15(7-5-12)11-19-16-8-9-17(14(3)18)13(2)10-16/h4-10H,11H2,1-3H3. The summed E-state index contributed by atoms with van der Waals surface area (Å²) in [6, 6.07) is 13.8. The maximum absolute atomic E-state index is 11.3. The molecule has 0 aromatic heterocycles. The minimum atomic E-state index is 0.0857. The van der Waals surface area contributed by atoms with E-state index in [1.54, 1.807) is 6.92 Å². The van der Waals surface area contributed by atoms with E-state index in [2.05, 4.69) is 31.2 Å². The molecule has 2 aromatic rings. The molecule has 0 radical (unpaired) electrons. The molecule has 0 aliphatic rings. The van der Waals surface area contributed by atoms with E-state index < -0.39 is 0 Å². The van der Waals surface area contributed by atoms with Gasteiger partial charge in [0.2, 0.25) is 0 Å². The molecular formula is C17H18O2. The van der Waals surface area contributed by atoms with E-state index in [0.29, 0.717) is 6.61 Å². The summed E-state index contributed by atoms with van der Waals surface area (Å²) in [5, 5.41) is 0. The van der Waals surface area contributed by atoms with Crippen LogP contribution >= 0.6 is 0 Å². The van der Waals surface area contributed by atoms with Gasteiger partial charge in [-0.05, 0) is 50.1 Å². The van der Waals surface area contributed by atoms with E-state index in [9.17, 15) is 4.79 Å². The topological polar surface area (TPSA) is 26.3 Å². The lowest BCUT2D eigenvalue weighted by molar-refractivity contribution is 0.101. The summed E-state index contributed by atoms with van der Waals surface area (Å²) < 4.78 is 5.74. The molecule has 0 heterocycles. The van der Waals surface area contributed by atoms with Crippen molar-refractivity contribution in [2.24, 2.45) is 0 Å². The van der Waals surface area contributed by atoms with Gasteiger partial charge in [0, 0.05) is 5.56 Å². The van der Waals surface area contributed by atoms with Crippen LogP contribution in [0.25, 0.3) is 0 Å². The summed E-state index contributed by atoms with van der Waals surface area (Å²) in [6.07, 6.45) is 0. The van der Waals surface area contributed by atoms with Crippen LogP contribution in [-0.4, -0.2) is 5.78 Å². The molecule has 0 fully saturated rings. The van der Waals surface area contributed by atoms with Crippen LogP contribution in [0.5, 0.6) is 5.75 Å². The fraction of sp³-hybridized carbons (Fsp3) is 0.235. The van der Waals surface area contributed by atoms with Crippen molar-refractivity contribution < 1.29 is 9.53 Å². The lowest BCUT2D eigenvalue weighted by atomic mass is 10.1. The lowest BCUT2D eigenvalue weighted by Gasteiger charge is -2.09. The Hall–Kier alpha value is -2.09. The van der Waals surface area contributed by atoms with E-state index in [-0.39, 0.29) is 5.78 Å². The first kappa shape index (κ1) is 13.3. The highest BCUT2D eigenvalue weighted by Gasteiger charge is 2.05. The minimum absolute atomic E-state index is 0.0857. The van der Waals surface area contributed by atoms with Gasteiger partial charge < -0.3 is 4.74 Å². The van der Waals surface area contributed by atoms with Crippen molar-refractivity contribution in [2.45, 2.75) is 27.4 Å². The molecule has 2 nitrogen and oxygen atoms in total. The van der Waals surface area contributed by atoms with Crippen molar-refractivity contribution in [2.75, 3.05) is 0 Å². The van der Waals surface area contributed by atoms with Gasteiger partial charge in [-0.3, -0.25) is 4.79 Å². The summed E-state index contributed by atoms with van der Waals surface area (Å²) in [4.78, 5) is 11.3. The van der Waals surface area contributed by atoms with E-state index in [0.717, 1.165) is 22.4 Å². The average Bonchev–Trinajstić information content (AvgIpc) is 2.37. The van der Waals surface area contributed by atoms with Crippen LogP contribution < -0.4 is 4.74 Å². The van der Waals surface area contributed by atoms with Gasteiger partial charge in [-0.15, -0.1) is 0 Å². The Labute approximate surface area is 114 Å². The maximum Gasteiger partial charge on any atom is 0.160 e. The molecule has 0 saturated heterocycles. The van der Waals surface area contributed by atoms with Crippen molar-refractivity contribution in [3.8, 4) is 5.75 Å². The number of carbonyl (C=O) groups excluding carboxylic acids is 1. The number of ether oxygens (including phenoxy) is 1. The Morgan fingerprint density at radius 1 is 1.05 bits per heavy atom. The second-order valence-corrected chi connectivity index (χ2v) is 4.81. The first-order valence-corrected chi connectivity index (χ1v) is 6.36. The monoisotopic (exact) mass is 254 g/mol. The van der Waals surface area contributed by atoms with Crippen LogP contribution in [0.1, 0.15) is 34.0 Å². The molecule has 98 valence electrons. The van der Waals surface area contributed by atoms with Gasteiger partial charge in [0.05, 0.1) is 0 Å². The number of benzene rings is 2. The van der Waals surface area contributed by atoms with Gasteiger partial charge in [0.1, 0.15) is 12.4 Å². The second kappa shape index (κ2) is 5.70. The van der Waals surface area contributed by atoms with Crippen molar-refractivity contribution in [3.63, 3.8) is 0 Å². The zero-order valence-electron chi connectivity index (χ0n) is 11.6. The predicted molar refractivity (Wildman–Crippen MR) is 76.7 cm³/mol. The number of carbonyl (C=O) groups is 1. The van der Waals surface area contributed by atoms with Crippen LogP contribution in [-0.2, 0) is 6.61 Å². The molecule has 2 aromatic carbocycles. The maximum atomic E-state index is 11.3. The lowest BCUT2D eigenvalue weighted by Crippen LogP contribution is -1.99. The van der Waals surface area contributed by atoms with Gasteiger partial charge >= 0.3 is 0 Å². The molecule has 2 heteroatoms. The summed E-state index contributed by atoms with van der Waals surface area (Å²) >= 11 is 0. The van der Waals surface area contributed by atoms with Crippen LogP contribution in [0.3, 0.4) is 0 Å². The zero-order chi connectivity index (χ0) is 13.8. The third-order valence-electron chi connectivity index (χ3n) is 3.10. The molecule has 0 bridgehead atoms. The second-order valence-electron chi connectivity index (χ2n) is 4.81. The highest BCUT2D eigenvalue weighted by atomic mass is 16.5. The third kappa shape index (κ3) is 3.44. The Morgan fingerprint density at radius 2 is 1.74 bits per heavy atom. The molecule has 0 spiro atoms. The van der Waals surface area contributed by atoms with Gasteiger partial charge in [0.15, 0.2) is 5.78 Å². The molecule has 0 unspecified atom stereocenters. The largest absolute Gasteiger partial charge is 0.489 e. The molecule has 0 N–H and O–H groups in total. The molecule has 0 atom stereocenters. The molecule has 0 amide bonds. The Morgan fingerprint density at radius 3 is 2.32 bits per heavy atom. The Balaban J connectivity index is 2.06. The molecule has 0 aliphatic heterocycles. The fourth-order valence-electron chi connectivity index (χ4n) is 1.97. The molecule has 19 heavy (non-hydrogen) atoms. The normalized spacial score (nSPS) is 10.3. The van der Waals surface area contributed by atoms with Crippen LogP contribution in [0.4, 0.5) is 0 Å². The molecule has 2 rings (SSSR count). The quantitative estimate of drug-likeness (QED) is 0.768. The van der Waals surface area contributed by atoms with Gasteiger partial charge in [-0.1, -0.05) is 29.8 Å². The zero-order valence-corrected chi connectivity index (χ0v) is 11.6. The van der Waals surface area contributed by atoms with Crippen LogP contribution in [0.2, 0.25) is 0 Å². The summed E-state index contributed by atoms with van der Waals surface area (Å²) in [6.45, 7) is 6.11. The Bertz CT molecular complexity index is 583. The van der Waals surface area contributed by atoms with Gasteiger partial charge in [0.25, 0.3) is 0 Å². The summed E-state index contributed by atoms with van der Waals surface area (Å²) in [5.41, 5.74) is 4.08. The summed E-state index contributed by atoms with van der Waals surface area (Å²) in [5.74, 6) is 0.880. The van der Waals surface area contributed by atoms with E-state index in [4.69, 9.17) is 4.74 Å². The van der Waals surface area contributed by atoms with Crippen LogP contribution in [0, 0.1) is 13.8 Å². The fourth-order valence-corrected chi connectivity index (χ4v) is 1.97. The highest BCUT2D eigenvalue weighted by Crippen LogP contribution is 2.19. The SMILES string of the molecule is CC(=O)c1ccc(OCc2ccc(C)cc2)cc1C. The smallest absolute Gasteiger partial charge is 0.160 e. The van der Waals surface area contributed by atoms with Gasteiger partial charge in [-0.2, -0.15) is 0 Å². The first-order chi connectivity index (χ1) is 9.06. The molecule has 0 aliphatic carbocycles. The number of rotatable bonds is 4. The van der Waals surface area contributed by atoms with Crippen molar-refractivity contribution >= 4 is 5.78 Å². The number of aryl methyl sites for hydroxylation is 2. The number of Topliss-reactive ketones (excluding diaryl/α,β-unsaturated/α-hetero) is 1. The van der Waals surface area contributed by atoms with E-state index >= 15 is 0 Å². The van der Waals surface area contributed by atoms with Crippen molar-refractivity contribution in [1.29, 1.82) is 0 Å². The summed E-state index contributed by atoms with van der Waals surface area (Å²) in [7, 11) is 0. The third-order valence-corrected chi connectivity index (χ3v) is 3.10. The molecular weight excluding hydrogens is 236 g/mol. The van der Waals surface area contributed by atoms with Crippen molar-refractivity contribution in [3.05, 3.63) is 64.7 Å². The van der Waals surface area contributed by atoms with E-state index in [1.165, 1.54) is 5.56 Å². The van der Waals surface area contributed by atoms with Crippen LogP contribution in [0.15, 0.2) is 42.5 Å². The Kier molecular flexibility index (Phi) is 4.00.